The topological polar surface area (TPSA) is 9.23 Å². The highest BCUT2D eigenvalue weighted by molar-refractivity contribution is 7.68. The van der Waals surface area contributed by atoms with E-state index in [4.69, 9.17) is 4.52 Å². The number of benzene rings is 4. The minimum atomic E-state index is -0.962. The number of hydrogen-bond acceptors (Lipinski definition) is 1. The first-order valence-corrected chi connectivity index (χ1v) is 11.2. The predicted molar refractivity (Wildman–Crippen MR) is 124 cm³/mol. The van der Waals surface area contributed by atoms with Gasteiger partial charge in [-0.3, -0.25) is 0 Å². The zero-order chi connectivity index (χ0) is 20.1. The van der Waals surface area contributed by atoms with Crippen molar-refractivity contribution in [2.45, 2.75) is 20.0 Å². The van der Waals surface area contributed by atoms with Crippen LogP contribution in [-0.2, 0) is 4.52 Å². The molecule has 0 saturated heterocycles. The molecule has 4 aromatic rings. The monoisotopic (exact) mass is 396 g/mol. The molecule has 4 aromatic carbocycles. The first kappa shape index (κ1) is 19.6. The summed E-state index contributed by atoms with van der Waals surface area (Å²) < 4.78 is 7.02. The SMILES string of the molecule is Cc1ccccc1C(OP(c1ccccc1)c1ccccc1)c1ccccc1C. The van der Waals surface area contributed by atoms with Gasteiger partial charge in [-0.1, -0.05) is 109 Å². The van der Waals surface area contributed by atoms with Gasteiger partial charge in [0.2, 0.25) is 0 Å². The van der Waals surface area contributed by atoms with E-state index in [-0.39, 0.29) is 6.10 Å². The van der Waals surface area contributed by atoms with Crippen LogP contribution in [0, 0.1) is 13.8 Å². The summed E-state index contributed by atoms with van der Waals surface area (Å²) in [7, 11) is -0.962. The van der Waals surface area contributed by atoms with E-state index in [0.29, 0.717) is 0 Å². The maximum Gasteiger partial charge on any atom is 0.113 e. The van der Waals surface area contributed by atoms with Gasteiger partial charge in [0.1, 0.15) is 6.10 Å². The fourth-order valence-electron chi connectivity index (χ4n) is 3.55. The van der Waals surface area contributed by atoms with Crippen LogP contribution in [-0.4, -0.2) is 0 Å². The fourth-order valence-corrected chi connectivity index (χ4v) is 5.41. The van der Waals surface area contributed by atoms with Crippen molar-refractivity contribution in [1.29, 1.82) is 0 Å². The Kier molecular flexibility index (Phi) is 6.20. The molecular formula is C27H25OP. The van der Waals surface area contributed by atoms with Crippen LogP contribution in [0.25, 0.3) is 0 Å². The lowest BCUT2D eigenvalue weighted by atomic mass is 9.95. The van der Waals surface area contributed by atoms with Crippen molar-refractivity contribution in [2.24, 2.45) is 0 Å². The molecule has 0 radical (unpaired) electrons. The van der Waals surface area contributed by atoms with Crippen molar-refractivity contribution in [3.63, 3.8) is 0 Å². The van der Waals surface area contributed by atoms with Crippen LogP contribution in [0.4, 0.5) is 0 Å². The normalized spacial score (nSPS) is 11.2. The second-order valence-electron chi connectivity index (χ2n) is 7.16. The first-order valence-electron chi connectivity index (χ1n) is 9.92. The van der Waals surface area contributed by atoms with Gasteiger partial charge in [0, 0.05) is 10.6 Å². The van der Waals surface area contributed by atoms with E-state index in [1.807, 2.05) is 0 Å². The number of rotatable bonds is 6. The molecule has 0 aliphatic heterocycles. The van der Waals surface area contributed by atoms with E-state index in [0.717, 1.165) is 0 Å². The lowest BCUT2D eigenvalue weighted by Crippen LogP contribution is -2.17. The molecule has 0 fully saturated rings. The summed E-state index contributed by atoms with van der Waals surface area (Å²) in [6.07, 6.45) is -0.121. The second kappa shape index (κ2) is 9.18. The van der Waals surface area contributed by atoms with Crippen molar-refractivity contribution in [1.82, 2.24) is 0 Å². The third kappa shape index (κ3) is 4.48. The van der Waals surface area contributed by atoms with E-state index < -0.39 is 8.15 Å². The van der Waals surface area contributed by atoms with Gasteiger partial charge >= 0.3 is 0 Å². The summed E-state index contributed by atoms with van der Waals surface area (Å²) in [5, 5.41) is 2.45. The van der Waals surface area contributed by atoms with Crippen LogP contribution in [0.15, 0.2) is 109 Å². The van der Waals surface area contributed by atoms with Crippen molar-refractivity contribution >= 4 is 18.8 Å². The van der Waals surface area contributed by atoms with E-state index in [2.05, 4.69) is 123 Å². The fraction of sp³-hybridized carbons (Fsp3) is 0.111. The maximum absolute atomic E-state index is 7.02. The Bertz CT molecular complexity index is 975. The zero-order valence-electron chi connectivity index (χ0n) is 16.8. The molecule has 0 amide bonds. The highest BCUT2D eigenvalue weighted by atomic mass is 31.1. The zero-order valence-corrected chi connectivity index (χ0v) is 17.7. The first-order chi connectivity index (χ1) is 14.2. The highest BCUT2D eigenvalue weighted by Gasteiger charge is 2.25. The Hall–Kier alpha value is -2.73. The lowest BCUT2D eigenvalue weighted by Gasteiger charge is -2.28. The molecule has 0 heterocycles. The number of hydrogen-bond donors (Lipinski definition) is 0. The van der Waals surface area contributed by atoms with Crippen LogP contribution in [0.5, 0.6) is 0 Å². The van der Waals surface area contributed by atoms with Crippen LogP contribution < -0.4 is 10.6 Å². The molecule has 4 rings (SSSR count). The molecule has 0 N–H and O–H groups in total. The summed E-state index contributed by atoms with van der Waals surface area (Å²) in [4.78, 5) is 0. The van der Waals surface area contributed by atoms with Gasteiger partial charge in [0.15, 0.2) is 0 Å². The van der Waals surface area contributed by atoms with Gasteiger partial charge < -0.3 is 4.52 Å². The van der Waals surface area contributed by atoms with Gasteiger partial charge in [-0.2, -0.15) is 0 Å². The number of aryl methyl sites for hydroxylation is 2. The minimum absolute atomic E-state index is 0.121. The Labute approximate surface area is 174 Å². The van der Waals surface area contributed by atoms with Crippen molar-refractivity contribution in [3.05, 3.63) is 131 Å². The smallest absolute Gasteiger partial charge is 0.113 e. The molecule has 0 unspecified atom stereocenters. The molecule has 0 bridgehead atoms. The maximum atomic E-state index is 7.02. The molecule has 0 aliphatic carbocycles. The van der Waals surface area contributed by atoms with E-state index >= 15 is 0 Å². The van der Waals surface area contributed by atoms with Crippen LogP contribution in [0.1, 0.15) is 28.4 Å². The Morgan fingerprint density at radius 3 is 1.31 bits per heavy atom. The van der Waals surface area contributed by atoms with E-state index in [1.165, 1.54) is 32.9 Å². The molecule has 1 nitrogen and oxygen atoms in total. The van der Waals surface area contributed by atoms with Gasteiger partial charge in [0.05, 0.1) is 8.15 Å². The Morgan fingerprint density at radius 2 is 0.897 bits per heavy atom. The molecule has 0 atom stereocenters. The average Bonchev–Trinajstić information content (AvgIpc) is 2.77. The average molecular weight is 396 g/mol. The lowest BCUT2D eigenvalue weighted by molar-refractivity contribution is 0.282. The molecular weight excluding hydrogens is 371 g/mol. The molecule has 29 heavy (non-hydrogen) atoms. The summed E-state index contributed by atoms with van der Waals surface area (Å²) >= 11 is 0. The standard InChI is InChI=1S/C27H25OP/c1-21-13-9-11-19-25(21)27(26-20-12-10-14-22(26)2)28-29(23-15-5-3-6-16-23)24-17-7-4-8-18-24/h3-20,27H,1-2H3. The summed E-state index contributed by atoms with van der Waals surface area (Å²) in [6, 6.07) is 38.3. The van der Waals surface area contributed by atoms with Crippen molar-refractivity contribution in [2.75, 3.05) is 0 Å². The minimum Gasteiger partial charge on any atom is -0.337 e. The molecule has 0 aromatic heterocycles. The van der Waals surface area contributed by atoms with Crippen molar-refractivity contribution < 1.29 is 4.52 Å². The van der Waals surface area contributed by atoms with Crippen LogP contribution in [0.2, 0.25) is 0 Å². The summed E-state index contributed by atoms with van der Waals surface area (Å²) in [5.74, 6) is 0. The Balaban J connectivity index is 1.83. The molecule has 0 spiro atoms. The van der Waals surface area contributed by atoms with Crippen LogP contribution >= 0.6 is 8.15 Å². The molecule has 2 heteroatoms. The molecule has 144 valence electrons. The predicted octanol–water partition coefficient (Wildman–Crippen LogP) is 6.46. The summed E-state index contributed by atoms with van der Waals surface area (Å²) in [5.41, 5.74) is 4.94. The molecule has 0 saturated carbocycles. The van der Waals surface area contributed by atoms with Crippen molar-refractivity contribution in [3.8, 4) is 0 Å². The summed E-state index contributed by atoms with van der Waals surface area (Å²) in [6.45, 7) is 4.33. The van der Waals surface area contributed by atoms with Gasteiger partial charge in [-0.25, -0.2) is 0 Å². The van der Waals surface area contributed by atoms with Crippen LogP contribution in [0.3, 0.4) is 0 Å². The largest absolute Gasteiger partial charge is 0.337 e. The Morgan fingerprint density at radius 1 is 0.517 bits per heavy atom. The quantitative estimate of drug-likeness (QED) is 0.340. The van der Waals surface area contributed by atoms with E-state index in [1.54, 1.807) is 0 Å². The molecule has 0 aliphatic rings. The highest BCUT2D eigenvalue weighted by Crippen LogP contribution is 2.44. The third-order valence-electron chi connectivity index (χ3n) is 5.13. The van der Waals surface area contributed by atoms with E-state index in [9.17, 15) is 0 Å². The van der Waals surface area contributed by atoms with Gasteiger partial charge in [0.25, 0.3) is 0 Å². The van der Waals surface area contributed by atoms with Gasteiger partial charge in [-0.15, -0.1) is 0 Å². The van der Waals surface area contributed by atoms with Gasteiger partial charge in [-0.05, 0) is 36.1 Å². The third-order valence-corrected chi connectivity index (χ3v) is 7.09. The second-order valence-corrected chi connectivity index (χ2v) is 9.00.